The van der Waals surface area contributed by atoms with Crippen molar-refractivity contribution in [2.75, 3.05) is 0 Å². The third-order valence-corrected chi connectivity index (χ3v) is 3.43. The zero-order valence-corrected chi connectivity index (χ0v) is 10.9. The van der Waals surface area contributed by atoms with E-state index in [0.717, 1.165) is 36.9 Å². The highest BCUT2D eigenvalue weighted by Crippen LogP contribution is 2.29. The molecule has 0 amide bonds. The van der Waals surface area contributed by atoms with Gasteiger partial charge in [0.2, 0.25) is 5.88 Å². The molecule has 1 heterocycles. The van der Waals surface area contributed by atoms with Crippen molar-refractivity contribution in [2.45, 2.75) is 25.7 Å². The van der Waals surface area contributed by atoms with Crippen LogP contribution in [0.1, 0.15) is 29.7 Å². The Morgan fingerprint density at radius 1 is 1.20 bits per heavy atom. The number of ether oxygens (including phenoxy) is 1. The number of pyridine rings is 1. The van der Waals surface area contributed by atoms with Crippen LogP contribution in [0.4, 0.5) is 4.39 Å². The topological polar surface area (TPSA) is 45.9 Å². The molecule has 0 radical (unpaired) electrons. The average Bonchev–Trinajstić information content (AvgIpc) is 2.49. The average molecular weight is 268 g/mol. The van der Waals surface area contributed by atoms with Gasteiger partial charge in [0.05, 0.1) is 0 Å². The number of benzene rings is 1. The first kappa shape index (κ1) is 12.6. The third kappa shape index (κ3) is 2.35. The highest BCUT2D eigenvalue weighted by molar-refractivity contribution is 5.45. The van der Waals surface area contributed by atoms with Crippen molar-refractivity contribution in [1.29, 1.82) is 5.26 Å². The molecule has 0 N–H and O–H groups in total. The van der Waals surface area contributed by atoms with Crippen LogP contribution in [0, 0.1) is 17.1 Å². The number of halogens is 1. The summed E-state index contributed by atoms with van der Waals surface area (Å²) in [7, 11) is 0. The monoisotopic (exact) mass is 268 g/mol. The minimum atomic E-state index is -0.462. The summed E-state index contributed by atoms with van der Waals surface area (Å²) >= 11 is 0. The molecule has 0 fully saturated rings. The number of aryl methyl sites for hydroxylation is 2. The lowest BCUT2D eigenvalue weighted by Gasteiger charge is -2.16. The van der Waals surface area contributed by atoms with Gasteiger partial charge in [0, 0.05) is 5.69 Å². The Labute approximate surface area is 116 Å². The number of rotatable bonds is 2. The fraction of sp³-hybridized carbons (Fsp3) is 0.250. The predicted molar refractivity (Wildman–Crippen MR) is 72.1 cm³/mol. The Bertz CT molecular complexity index is 691. The molecule has 4 heteroatoms. The molecule has 0 unspecified atom stereocenters. The van der Waals surface area contributed by atoms with Crippen LogP contribution in [0.5, 0.6) is 11.6 Å². The number of hydrogen-bond donors (Lipinski definition) is 0. The van der Waals surface area contributed by atoms with Crippen molar-refractivity contribution < 1.29 is 9.13 Å². The number of hydrogen-bond acceptors (Lipinski definition) is 3. The van der Waals surface area contributed by atoms with Crippen molar-refractivity contribution in [2.24, 2.45) is 0 Å². The summed E-state index contributed by atoms with van der Waals surface area (Å²) in [5, 5.41) is 9.20. The largest absolute Gasteiger partial charge is 0.435 e. The van der Waals surface area contributed by atoms with Crippen LogP contribution in [0.3, 0.4) is 0 Å². The molecular formula is C16H13FN2O. The van der Waals surface area contributed by atoms with Gasteiger partial charge in [-0.1, -0.05) is 12.1 Å². The van der Waals surface area contributed by atoms with Crippen LogP contribution in [0.2, 0.25) is 0 Å². The molecular weight excluding hydrogens is 255 g/mol. The standard InChI is InChI=1S/C16H13FN2O/c17-13-6-2-4-8-15(13)20-16-12(10-18)9-11-5-1-3-7-14(11)19-16/h2,4,6,8-9H,1,3,5,7H2. The minimum Gasteiger partial charge on any atom is -0.435 e. The SMILES string of the molecule is N#Cc1cc2c(nc1Oc1ccccc1F)CCCC2. The predicted octanol–water partition coefficient (Wildman–Crippen LogP) is 3.76. The second kappa shape index (κ2) is 5.30. The first-order chi connectivity index (χ1) is 9.78. The van der Waals surface area contributed by atoms with Gasteiger partial charge >= 0.3 is 0 Å². The molecule has 0 spiro atoms. The van der Waals surface area contributed by atoms with Crippen LogP contribution in [0.25, 0.3) is 0 Å². The summed E-state index contributed by atoms with van der Waals surface area (Å²) in [4.78, 5) is 4.41. The van der Waals surface area contributed by atoms with E-state index >= 15 is 0 Å². The van der Waals surface area contributed by atoms with E-state index in [2.05, 4.69) is 11.1 Å². The van der Waals surface area contributed by atoms with Crippen molar-refractivity contribution in [3.05, 3.63) is 53.0 Å². The molecule has 100 valence electrons. The molecule has 0 saturated carbocycles. The van der Waals surface area contributed by atoms with E-state index in [-0.39, 0.29) is 11.6 Å². The van der Waals surface area contributed by atoms with Gasteiger partial charge in [0.1, 0.15) is 11.6 Å². The smallest absolute Gasteiger partial charge is 0.237 e. The summed E-state index contributed by atoms with van der Waals surface area (Å²) in [6.07, 6.45) is 4.03. The number of nitrogens with zero attached hydrogens (tertiary/aromatic N) is 2. The molecule has 3 nitrogen and oxygen atoms in total. The van der Waals surface area contributed by atoms with E-state index in [0.29, 0.717) is 5.56 Å². The zero-order chi connectivity index (χ0) is 13.9. The summed E-state index contributed by atoms with van der Waals surface area (Å²) < 4.78 is 19.1. The Morgan fingerprint density at radius 2 is 2.00 bits per heavy atom. The van der Waals surface area contributed by atoms with E-state index in [4.69, 9.17) is 4.74 Å². The number of nitriles is 1. The summed E-state index contributed by atoms with van der Waals surface area (Å²) in [5.74, 6) is -0.179. The fourth-order valence-corrected chi connectivity index (χ4v) is 2.40. The van der Waals surface area contributed by atoms with Gasteiger partial charge in [-0.2, -0.15) is 5.26 Å². The maximum atomic E-state index is 13.6. The van der Waals surface area contributed by atoms with Gasteiger partial charge in [0.25, 0.3) is 0 Å². The lowest BCUT2D eigenvalue weighted by atomic mass is 9.95. The quantitative estimate of drug-likeness (QED) is 0.833. The molecule has 1 aliphatic carbocycles. The summed E-state index contributed by atoms with van der Waals surface area (Å²) in [5.41, 5.74) is 2.42. The molecule has 1 aromatic carbocycles. The Kier molecular flexibility index (Phi) is 3.34. The van der Waals surface area contributed by atoms with Crippen molar-refractivity contribution in [1.82, 2.24) is 4.98 Å². The minimum absolute atomic E-state index is 0.0901. The highest BCUT2D eigenvalue weighted by Gasteiger charge is 2.17. The van der Waals surface area contributed by atoms with Crippen LogP contribution < -0.4 is 4.74 Å². The first-order valence-corrected chi connectivity index (χ1v) is 6.63. The second-order valence-electron chi connectivity index (χ2n) is 4.80. The molecule has 0 aliphatic heterocycles. The second-order valence-corrected chi connectivity index (χ2v) is 4.80. The van der Waals surface area contributed by atoms with Gasteiger partial charge in [-0.05, 0) is 49.4 Å². The molecule has 20 heavy (non-hydrogen) atoms. The van der Waals surface area contributed by atoms with Crippen molar-refractivity contribution in [3.8, 4) is 17.7 Å². The number of fused-ring (bicyclic) bond motifs is 1. The van der Waals surface area contributed by atoms with Gasteiger partial charge in [0.15, 0.2) is 11.6 Å². The number of aromatic nitrogens is 1. The Morgan fingerprint density at radius 3 is 2.80 bits per heavy atom. The third-order valence-electron chi connectivity index (χ3n) is 3.43. The van der Waals surface area contributed by atoms with E-state index in [9.17, 15) is 9.65 Å². The van der Waals surface area contributed by atoms with Crippen LogP contribution >= 0.6 is 0 Å². The van der Waals surface area contributed by atoms with Gasteiger partial charge in [-0.3, -0.25) is 0 Å². The van der Waals surface area contributed by atoms with Crippen LogP contribution in [-0.2, 0) is 12.8 Å². The van der Waals surface area contributed by atoms with E-state index in [1.54, 1.807) is 12.1 Å². The summed E-state index contributed by atoms with van der Waals surface area (Å²) in [6.45, 7) is 0. The molecule has 3 rings (SSSR count). The normalized spacial score (nSPS) is 13.4. The molecule has 1 aliphatic rings. The van der Waals surface area contributed by atoms with E-state index in [1.165, 1.54) is 12.1 Å². The van der Waals surface area contributed by atoms with Crippen molar-refractivity contribution in [3.63, 3.8) is 0 Å². The maximum absolute atomic E-state index is 13.6. The maximum Gasteiger partial charge on any atom is 0.237 e. The molecule has 1 aromatic heterocycles. The Hall–Kier alpha value is -2.41. The highest BCUT2D eigenvalue weighted by atomic mass is 19.1. The van der Waals surface area contributed by atoms with Gasteiger partial charge in [-0.15, -0.1) is 0 Å². The van der Waals surface area contributed by atoms with Gasteiger partial charge < -0.3 is 4.74 Å². The molecule has 0 atom stereocenters. The lowest BCUT2D eigenvalue weighted by Crippen LogP contribution is -2.07. The fourth-order valence-electron chi connectivity index (χ4n) is 2.40. The van der Waals surface area contributed by atoms with Gasteiger partial charge in [-0.25, -0.2) is 9.37 Å². The molecule has 0 bridgehead atoms. The van der Waals surface area contributed by atoms with E-state index < -0.39 is 5.82 Å². The number of para-hydroxylation sites is 1. The molecule has 0 saturated heterocycles. The Balaban J connectivity index is 2.01. The van der Waals surface area contributed by atoms with Crippen LogP contribution in [-0.4, -0.2) is 4.98 Å². The van der Waals surface area contributed by atoms with Crippen LogP contribution in [0.15, 0.2) is 30.3 Å². The van der Waals surface area contributed by atoms with E-state index in [1.807, 2.05) is 6.07 Å². The van der Waals surface area contributed by atoms with Crippen molar-refractivity contribution >= 4 is 0 Å². The summed E-state index contributed by atoms with van der Waals surface area (Å²) in [6, 6.07) is 10.0. The lowest BCUT2D eigenvalue weighted by molar-refractivity contribution is 0.423. The first-order valence-electron chi connectivity index (χ1n) is 6.63. The zero-order valence-electron chi connectivity index (χ0n) is 10.9. The molecule has 2 aromatic rings.